The van der Waals surface area contributed by atoms with Gasteiger partial charge in [-0.05, 0) is 53.8 Å². The molecule has 1 aliphatic heterocycles. The minimum atomic E-state index is -0.182. The molecule has 2 aliphatic rings. The van der Waals surface area contributed by atoms with Gasteiger partial charge in [-0.2, -0.15) is 0 Å². The van der Waals surface area contributed by atoms with Crippen molar-refractivity contribution in [3.05, 3.63) is 76.2 Å². The summed E-state index contributed by atoms with van der Waals surface area (Å²) in [5.41, 5.74) is 3.91. The summed E-state index contributed by atoms with van der Waals surface area (Å²) in [6.07, 6.45) is 2.55. The number of rotatable bonds is 4. The van der Waals surface area contributed by atoms with Crippen LogP contribution in [-0.2, 0) is 17.8 Å². The highest BCUT2D eigenvalue weighted by molar-refractivity contribution is 5.93. The fourth-order valence-electron chi connectivity index (χ4n) is 6.00. The molecule has 1 saturated heterocycles. The summed E-state index contributed by atoms with van der Waals surface area (Å²) < 4.78 is 3.48. The predicted molar refractivity (Wildman–Crippen MR) is 132 cm³/mol. The van der Waals surface area contributed by atoms with Crippen LogP contribution >= 0.6 is 0 Å². The Labute approximate surface area is 197 Å². The number of phenolic OH excluding ortho intramolecular Hbond substituents is 1. The molecule has 0 spiro atoms. The van der Waals surface area contributed by atoms with Gasteiger partial charge in [0.15, 0.2) is 0 Å². The Morgan fingerprint density at radius 1 is 1.03 bits per heavy atom. The summed E-state index contributed by atoms with van der Waals surface area (Å²) in [5.74, 6) is 0.200. The SMILES string of the molecule is CNC(=O)Cn1c(=O)n(C2CCN(C3Cc4c(O)ccc5cccc3c45)CC2)c2ccccc21. The van der Waals surface area contributed by atoms with Gasteiger partial charge in [0.25, 0.3) is 0 Å². The van der Waals surface area contributed by atoms with Crippen molar-refractivity contribution >= 4 is 27.7 Å². The van der Waals surface area contributed by atoms with Crippen molar-refractivity contribution in [1.82, 2.24) is 19.4 Å². The summed E-state index contributed by atoms with van der Waals surface area (Å²) in [7, 11) is 1.59. The number of hydrogen-bond acceptors (Lipinski definition) is 4. The van der Waals surface area contributed by atoms with Crippen LogP contribution < -0.4 is 11.0 Å². The first-order chi connectivity index (χ1) is 16.6. The third-order valence-corrected chi connectivity index (χ3v) is 7.67. The molecule has 1 amide bonds. The van der Waals surface area contributed by atoms with Crippen LogP contribution in [-0.4, -0.2) is 45.2 Å². The molecule has 0 bridgehead atoms. The number of benzene rings is 3. The second-order valence-corrected chi connectivity index (χ2v) is 9.40. The van der Waals surface area contributed by atoms with Crippen molar-refractivity contribution in [2.24, 2.45) is 0 Å². The van der Waals surface area contributed by atoms with Crippen molar-refractivity contribution in [3.63, 3.8) is 0 Å². The zero-order valence-corrected chi connectivity index (χ0v) is 19.2. The molecule has 4 aromatic rings. The van der Waals surface area contributed by atoms with E-state index in [1.807, 2.05) is 34.9 Å². The van der Waals surface area contributed by atoms with Crippen molar-refractivity contribution in [2.45, 2.75) is 37.9 Å². The highest BCUT2D eigenvalue weighted by Crippen LogP contribution is 2.45. The number of piperidine rings is 1. The molecule has 34 heavy (non-hydrogen) atoms. The van der Waals surface area contributed by atoms with Crippen LogP contribution in [0.5, 0.6) is 5.75 Å². The fraction of sp³-hybridized carbons (Fsp3) is 0.333. The maximum absolute atomic E-state index is 13.4. The number of imidazole rings is 1. The summed E-state index contributed by atoms with van der Waals surface area (Å²) in [5, 5.41) is 15.5. The number of hydrogen-bond donors (Lipinski definition) is 2. The smallest absolute Gasteiger partial charge is 0.329 e. The molecule has 0 radical (unpaired) electrons. The zero-order valence-electron chi connectivity index (χ0n) is 19.2. The normalized spacial score (nSPS) is 18.7. The molecular weight excluding hydrogens is 428 g/mol. The van der Waals surface area contributed by atoms with Crippen LogP contribution in [0.3, 0.4) is 0 Å². The third-order valence-electron chi connectivity index (χ3n) is 7.67. The number of phenols is 1. The molecule has 3 aromatic carbocycles. The predicted octanol–water partition coefficient (Wildman–Crippen LogP) is 3.34. The van der Waals surface area contributed by atoms with Crippen LogP contribution in [0.25, 0.3) is 21.8 Å². The van der Waals surface area contributed by atoms with Gasteiger partial charge in [-0.15, -0.1) is 0 Å². The highest BCUT2D eigenvalue weighted by Gasteiger charge is 2.34. The maximum Gasteiger partial charge on any atom is 0.329 e. The van der Waals surface area contributed by atoms with Gasteiger partial charge >= 0.3 is 5.69 Å². The number of aromatic hydroxyl groups is 1. The van der Waals surface area contributed by atoms with E-state index in [-0.39, 0.29) is 30.2 Å². The van der Waals surface area contributed by atoms with Gasteiger partial charge in [0.05, 0.1) is 11.0 Å². The van der Waals surface area contributed by atoms with E-state index in [1.54, 1.807) is 17.7 Å². The van der Waals surface area contributed by atoms with Crippen molar-refractivity contribution in [2.75, 3.05) is 20.1 Å². The average Bonchev–Trinajstić information content (AvgIpc) is 3.39. The van der Waals surface area contributed by atoms with E-state index in [1.165, 1.54) is 16.3 Å². The van der Waals surface area contributed by atoms with Gasteiger partial charge in [0.1, 0.15) is 12.3 Å². The Kier molecular flexibility index (Phi) is 4.95. The number of nitrogens with one attached hydrogen (secondary N) is 1. The Morgan fingerprint density at radius 2 is 1.79 bits per heavy atom. The number of aromatic nitrogens is 2. The molecule has 7 heteroatoms. The lowest BCUT2D eigenvalue weighted by Gasteiger charge is -2.36. The van der Waals surface area contributed by atoms with Crippen molar-refractivity contribution in [3.8, 4) is 5.75 Å². The average molecular weight is 457 g/mol. The van der Waals surface area contributed by atoms with E-state index in [0.717, 1.165) is 48.9 Å². The molecule has 174 valence electrons. The van der Waals surface area contributed by atoms with Gasteiger partial charge in [-0.3, -0.25) is 18.8 Å². The molecule has 2 N–H and O–H groups in total. The summed E-state index contributed by atoms with van der Waals surface area (Å²) in [4.78, 5) is 27.9. The number of nitrogens with zero attached hydrogens (tertiary/aromatic N) is 3. The van der Waals surface area contributed by atoms with E-state index >= 15 is 0 Å². The largest absolute Gasteiger partial charge is 0.508 e. The minimum Gasteiger partial charge on any atom is -0.508 e. The monoisotopic (exact) mass is 456 g/mol. The zero-order chi connectivity index (χ0) is 23.4. The lowest BCUT2D eigenvalue weighted by atomic mass is 9.99. The standard InChI is InChI=1S/C27H28N4O3/c1-28-25(33)16-30-21-7-2-3-8-22(21)31(27(30)34)18-11-13-29(14-12-18)23-15-20-24(32)10-9-17-5-4-6-19(23)26(17)20/h2-10,18,23,32H,11-16H2,1H3,(H,28,33). The second-order valence-electron chi connectivity index (χ2n) is 9.40. The third kappa shape index (κ3) is 3.15. The number of carbonyl (C=O) groups is 1. The molecule has 0 saturated carbocycles. The molecule has 1 atom stereocenters. The van der Waals surface area contributed by atoms with Crippen LogP contribution in [0.2, 0.25) is 0 Å². The van der Waals surface area contributed by atoms with Gasteiger partial charge in [0, 0.05) is 37.8 Å². The maximum atomic E-state index is 13.4. The first kappa shape index (κ1) is 21.0. The number of likely N-dealkylation sites (N-methyl/N-ethyl adjacent to an activating group) is 1. The van der Waals surface area contributed by atoms with E-state index in [4.69, 9.17) is 0 Å². The molecular formula is C27H28N4O3. The molecule has 1 aromatic heterocycles. The number of likely N-dealkylation sites (tertiary alicyclic amines) is 1. The van der Waals surface area contributed by atoms with Gasteiger partial charge < -0.3 is 10.4 Å². The number of para-hydroxylation sites is 2. The first-order valence-electron chi connectivity index (χ1n) is 11.9. The van der Waals surface area contributed by atoms with Crippen LogP contribution in [0, 0.1) is 0 Å². The van der Waals surface area contributed by atoms with Crippen LogP contribution in [0.15, 0.2) is 59.4 Å². The number of carbonyl (C=O) groups excluding carboxylic acids is 1. The summed E-state index contributed by atoms with van der Waals surface area (Å²) >= 11 is 0. The van der Waals surface area contributed by atoms with Crippen molar-refractivity contribution < 1.29 is 9.90 Å². The molecule has 6 rings (SSSR count). The molecule has 2 heterocycles. The molecule has 1 unspecified atom stereocenters. The highest BCUT2D eigenvalue weighted by atomic mass is 16.3. The summed E-state index contributed by atoms with van der Waals surface area (Å²) in [6.45, 7) is 1.78. The van der Waals surface area contributed by atoms with E-state index in [0.29, 0.717) is 5.75 Å². The first-order valence-corrected chi connectivity index (χ1v) is 11.9. The Hall–Kier alpha value is -3.58. The fourth-order valence-corrected chi connectivity index (χ4v) is 6.00. The van der Waals surface area contributed by atoms with Gasteiger partial charge in [-0.1, -0.05) is 36.4 Å². The topological polar surface area (TPSA) is 79.5 Å². The van der Waals surface area contributed by atoms with Crippen LogP contribution in [0.4, 0.5) is 0 Å². The second kappa shape index (κ2) is 8.02. The Balaban J connectivity index is 1.28. The van der Waals surface area contributed by atoms with Gasteiger partial charge in [0.2, 0.25) is 5.91 Å². The Bertz CT molecular complexity index is 1480. The molecule has 1 aliphatic carbocycles. The van der Waals surface area contributed by atoms with E-state index in [2.05, 4.69) is 28.4 Å². The van der Waals surface area contributed by atoms with E-state index < -0.39 is 0 Å². The van der Waals surface area contributed by atoms with Gasteiger partial charge in [-0.25, -0.2) is 4.79 Å². The number of amides is 1. The lowest BCUT2D eigenvalue weighted by Crippen LogP contribution is -2.40. The number of fused-ring (bicyclic) bond motifs is 1. The van der Waals surface area contributed by atoms with E-state index in [9.17, 15) is 14.7 Å². The molecule has 1 fully saturated rings. The van der Waals surface area contributed by atoms with Crippen LogP contribution in [0.1, 0.15) is 36.1 Å². The molecule has 7 nitrogen and oxygen atoms in total. The summed E-state index contributed by atoms with van der Waals surface area (Å²) in [6, 6.07) is 18.3. The minimum absolute atomic E-state index is 0.0233. The Morgan fingerprint density at radius 3 is 2.56 bits per heavy atom. The quantitative estimate of drug-likeness (QED) is 0.494. The van der Waals surface area contributed by atoms with Crippen molar-refractivity contribution in [1.29, 1.82) is 0 Å². The lowest BCUT2D eigenvalue weighted by molar-refractivity contribution is -0.121.